The maximum absolute atomic E-state index is 14.5. The quantitative estimate of drug-likeness (QED) is 0.478. The molecule has 1 atom stereocenters. The molecule has 1 N–H and O–H groups in total. The van der Waals surface area contributed by atoms with Crippen molar-refractivity contribution in [2.24, 2.45) is 7.05 Å². The average molecular weight is 481 g/mol. The first kappa shape index (κ1) is 21.3. The van der Waals surface area contributed by atoms with Gasteiger partial charge in [-0.1, -0.05) is 11.3 Å². The van der Waals surface area contributed by atoms with Crippen LogP contribution in [0.3, 0.4) is 0 Å². The van der Waals surface area contributed by atoms with Crippen LogP contribution >= 0.6 is 11.3 Å². The highest BCUT2D eigenvalue weighted by atomic mass is 32.1. The van der Waals surface area contributed by atoms with Gasteiger partial charge in [0.2, 0.25) is 0 Å². The van der Waals surface area contributed by atoms with Gasteiger partial charge in [0.05, 0.1) is 23.1 Å². The standard InChI is InChI=1S/C24H25FN6O2S/c1-29-12-14-10-15(11-18(25)20(14)28-29)26-23(32)17-5-6-19(22-21(17)27-24(33-2)34-22)31-9-8-30-7-3-4-16(30)13-31/h5-6,10-12,16H,3-4,7-9,13H2,1-2H3,(H,26,32)/t16-/m0/s1. The summed E-state index contributed by atoms with van der Waals surface area (Å²) in [5, 5.41) is 8.09. The predicted molar refractivity (Wildman–Crippen MR) is 132 cm³/mol. The SMILES string of the molecule is COc1nc2c(C(=O)Nc3cc(F)c4nn(C)cc4c3)ccc(N3CCN4CCC[C@H]4C3)c2s1. The number of hydrogen-bond acceptors (Lipinski definition) is 7. The summed E-state index contributed by atoms with van der Waals surface area (Å²) in [6, 6.07) is 7.41. The largest absolute Gasteiger partial charge is 0.473 e. The number of hydrogen-bond donors (Lipinski definition) is 1. The Hall–Kier alpha value is -3.24. The summed E-state index contributed by atoms with van der Waals surface area (Å²) < 4.78 is 22.4. The Morgan fingerprint density at radius 1 is 1.24 bits per heavy atom. The van der Waals surface area contributed by atoms with Gasteiger partial charge in [0.15, 0.2) is 5.82 Å². The van der Waals surface area contributed by atoms with Crippen LogP contribution in [0, 0.1) is 5.82 Å². The number of carbonyl (C=O) groups is 1. The van der Waals surface area contributed by atoms with Gasteiger partial charge in [-0.25, -0.2) is 9.37 Å². The highest BCUT2D eigenvalue weighted by molar-refractivity contribution is 7.21. The number of carbonyl (C=O) groups excluding carboxylic acids is 1. The van der Waals surface area contributed by atoms with Crippen molar-refractivity contribution in [2.75, 3.05) is 43.5 Å². The zero-order chi connectivity index (χ0) is 23.4. The number of amides is 1. The van der Waals surface area contributed by atoms with Crippen LogP contribution in [0.4, 0.5) is 15.8 Å². The lowest BCUT2D eigenvalue weighted by atomic mass is 10.1. The molecule has 4 aromatic rings. The summed E-state index contributed by atoms with van der Waals surface area (Å²) in [5.74, 6) is -0.817. The number of aryl methyl sites for hydroxylation is 1. The third-order valence-electron chi connectivity index (χ3n) is 6.78. The smallest absolute Gasteiger partial charge is 0.274 e. The molecule has 2 saturated heterocycles. The summed E-state index contributed by atoms with van der Waals surface area (Å²) in [6.45, 7) is 4.16. The molecule has 0 spiro atoms. The molecule has 1 amide bonds. The molecule has 176 valence electrons. The van der Waals surface area contributed by atoms with Crippen molar-refractivity contribution in [3.63, 3.8) is 0 Å². The first-order valence-electron chi connectivity index (χ1n) is 11.4. The van der Waals surface area contributed by atoms with Crippen molar-refractivity contribution in [2.45, 2.75) is 18.9 Å². The molecule has 2 aliphatic heterocycles. The highest BCUT2D eigenvalue weighted by Crippen LogP contribution is 2.39. The minimum Gasteiger partial charge on any atom is -0.473 e. The van der Waals surface area contributed by atoms with Crippen LogP contribution in [-0.4, -0.2) is 64.9 Å². The van der Waals surface area contributed by atoms with Gasteiger partial charge in [-0.15, -0.1) is 0 Å². The molecular weight excluding hydrogens is 455 g/mol. The Morgan fingerprint density at radius 2 is 2.12 bits per heavy atom. The maximum atomic E-state index is 14.5. The maximum Gasteiger partial charge on any atom is 0.274 e. The third kappa shape index (κ3) is 3.57. The zero-order valence-electron chi connectivity index (χ0n) is 19.0. The van der Waals surface area contributed by atoms with Gasteiger partial charge in [-0.05, 0) is 43.7 Å². The lowest BCUT2D eigenvalue weighted by molar-refractivity contribution is 0.102. The summed E-state index contributed by atoms with van der Waals surface area (Å²) in [5.41, 5.74) is 2.78. The van der Waals surface area contributed by atoms with E-state index < -0.39 is 5.82 Å². The van der Waals surface area contributed by atoms with Gasteiger partial charge in [0.25, 0.3) is 11.1 Å². The molecule has 2 aromatic carbocycles. The number of piperazine rings is 1. The Bertz CT molecular complexity index is 1420. The number of nitrogens with one attached hydrogen (secondary N) is 1. The number of aromatic nitrogens is 3. The van der Waals surface area contributed by atoms with Crippen molar-refractivity contribution in [3.8, 4) is 5.19 Å². The van der Waals surface area contributed by atoms with E-state index >= 15 is 0 Å². The van der Waals surface area contributed by atoms with Gasteiger partial charge in [-0.2, -0.15) is 5.10 Å². The molecule has 2 aliphatic rings. The normalized spacial score (nSPS) is 18.6. The number of fused-ring (bicyclic) bond motifs is 3. The molecule has 10 heteroatoms. The van der Waals surface area contributed by atoms with Crippen LogP contribution in [0.2, 0.25) is 0 Å². The van der Waals surface area contributed by atoms with E-state index in [1.165, 1.54) is 36.8 Å². The second-order valence-corrected chi connectivity index (χ2v) is 9.89. The van der Waals surface area contributed by atoms with Crippen LogP contribution < -0.4 is 15.0 Å². The van der Waals surface area contributed by atoms with E-state index in [0.717, 1.165) is 30.0 Å². The molecule has 0 saturated carbocycles. The van der Waals surface area contributed by atoms with Crippen LogP contribution in [0.5, 0.6) is 5.19 Å². The van der Waals surface area contributed by atoms with E-state index in [2.05, 4.69) is 25.2 Å². The van der Waals surface area contributed by atoms with E-state index in [4.69, 9.17) is 4.74 Å². The monoisotopic (exact) mass is 480 g/mol. The first-order valence-corrected chi connectivity index (χ1v) is 12.2. The Labute approximate surface area is 199 Å². The van der Waals surface area contributed by atoms with Crippen molar-refractivity contribution in [1.82, 2.24) is 19.7 Å². The van der Waals surface area contributed by atoms with E-state index in [0.29, 0.717) is 33.4 Å². The van der Waals surface area contributed by atoms with Gasteiger partial charge >= 0.3 is 0 Å². The topological polar surface area (TPSA) is 75.5 Å². The molecule has 0 radical (unpaired) electrons. The van der Waals surface area contributed by atoms with Gasteiger partial charge in [0, 0.05) is 50.0 Å². The van der Waals surface area contributed by atoms with E-state index in [9.17, 15) is 9.18 Å². The summed E-state index contributed by atoms with van der Waals surface area (Å²) in [6.07, 6.45) is 4.20. The van der Waals surface area contributed by atoms with Crippen LogP contribution in [0.25, 0.3) is 21.1 Å². The molecule has 0 bridgehead atoms. The fourth-order valence-corrected chi connectivity index (χ4v) is 6.13. The molecule has 4 heterocycles. The van der Waals surface area contributed by atoms with Crippen molar-refractivity contribution < 1.29 is 13.9 Å². The number of nitrogens with zero attached hydrogens (tertiary/aromatic N) is 5. The number of methoxy groups -OCH3 is 1. The van der Waals surface area contributed by atoms with Gasteiger partial charge in [0.1, 0.15) is 11.0 Å². The van der Waals surface area contributed by atoms with Crippen LogP contribution in [0.15, 0.2) is 30.5 Å². The number of ether oxygens (including phenoxy) is 1. The molecular formula is C24H25FN6O2S. The third-order valence-corrected chi connectivity index (χ3v) is 7.82. The van der Waals surface area contributed by atoms with Crippen LogP contribution in [-0.2, 0) is 7.05 Å². The Morgan fingerprint density at radius 3 is 2.97 bits per heavy atom. The summed E-state index contributed by atoms with van der Waals surface area (Å²) in [4.78, 5) is 22.8. The van der Waals surface area contributed by atoms with Gasteiger partial charge < -0.3 is 15.0 Å². The predicted octanol–water partition coefficient (Wildman–Crippen LogP) is 3.87. The Balaban J connectivity index is 1.34. The lowest BCUT2D eigenvalue weighted by Crippen LogP contribution is -2.50. The molecule has 2 aromatic heterocycles. The first-order chi connectivity index (χ1) is 16.5. The fourth-order valence-electron chi connectivity index (χ4n) is 5.19. The summed E-state index contributed by atoms with van der Waals surface area (Å²) >= 11 is 1.45. The van der Waals surface area contributed by atoms with Gasteiger partial charge in [-0.3, -0.25) is 14.4 Å². The van der Waals surface area contributed by atoms with E-state index in [1.54, 1.807) is 31.1 Å². The number of rotatable bonds is 4. The second-order valence-electron chi connectivity index (χ2n) is 8.92. The zero-order valence-corrected chi connectivity index (χ0v) is 19.9. The Kier molecular flexibility index (Phi) is 5.14. The second kappa shape index (κ2) is 8.21. The molecule has 34 heavy (non-hydrogen) atoms. The molecule has 0 aliphatic carbocycles. The molecule has 8 nitrogen and oxygen atoms in total. The average Bonchev–Trinajstić information content (AvgIpc) is 3.55. The minimum atomic E-state index is -0.477. The fraction of sp³-hybridized carbons (Fsp3) is 0.375. The van der Waals surface area contributed by atoms with Crippen molar-refractivity contribution >= 4 is 49.7 Å². The molecule has 6 rings (SSSR count). The lowest BCUT2D eigenvalue weighted by Gasteiger charge is -2.39. The number of halogens is 1. The van der Waals surface area contributed by atoms with E-state index in [1.807, 2.05) is 12.1 Å². The highest BCUT2D eigenvalue weighted by Gasteiger charge is 2.32. The number of thiazole rings is 1. The summed E-state index contributed by atoms with van der Waals surface area (Å²) in [7, 11) is 3.32. The number of anilines is 2. The van der Waals surface area contributed by atoms with Crippen molar-refractivity contribution in [1.29, 1.82) is 0 Å². The van der Waals surface area contributed by atoms with E-state index in [-0.39, 0.29) is 11.4 Å². The number of benzene rings is 2. The van der Waals surface area contributed by atoms with Crippen LogP contribution in [0.1, 0.15) is 23.2 Å². The molecule has 2 fully saturated rings. The van der Waals surface area contributed by atoms with Crippen molar-refractivity contribution in [3.05, 3.63) is 41.8 Å². The molecule has 0 unspecified atom stereocenters. The minimum absolute atomic E-state index is 0.277.